The van der Waals surface area contributed by atoms with Crippen molar-refractivity contribution in [3.8, 4) is 0 Å². The third kappa shape index (κ3) is 8.90. The lowest BCUT2D eigenvalue weighted by Crippen LogP contribution is -2.46. The lowest BCUT2D eigenvalue weighted by atomic mass is 10.1. The molecule has 2 aromatic rings. The van der Waals surface area contributed by atoms with E-state index in [1.54, 1.807) is 7.05 Å². The molecule has 0 spiro atoms. The Morgan fingerprint density at radius 2 is 1.85 bits per heavy atom. The van der Waals surface area contributed by atoms with Gasteiger partial charge in [0.1, 0.15) is 5.15 Å². The van der Waals surface area contributed by atoms with Crippen LogP contribution in [0.25, 0.3) is 0 Å². The zero-order chi connectivity index (χ0) is 18.8. The molecule has 2 rings (SSSR count). The fourth-order valence-corrected chi connectivity index (χ4v) is 2.75. The van der Waals surface area contributed by atoms with Crippen molar-refractivity contribution < 1.29 is 0 Å². The minimum atomic E-state index is 0. The lowest BCUT2D eigenvalue weighted by molar-refractivity contribution is 0.290. The minimum absolute atomic E-state index is 0. The normalized spacial score (nSPS) is 12.4. The molecule has 0 saturated heterocycles. The van der Waals surface area contributed by atoms with Crippen molar-refractivity contribution in [2.45, 2.75) is 18.9 Å². The van der Waals surface area contributed by atoms with Crippen LogP contribution in [0.1, 0.15) is 11.1 Å². The van der Waals surface area contributed by atoms with Gasteiger partial charge in [-0.05, 0) is 44.1 Å². The Kier molecular flexibility index (Phi) is 11.3. The Labute approximate surface area is 184 Å². The third-order valence-electron chi connectivity index (χ3n) is 4.27. The first kappa shape index (κ1) is 23.7. The van der Waals surface area contributed by atoms with Crippen LogP contribution in [0.3, 0.4) is 0 Å². The van der Waals surface area contributed by atoms with Gasteiger partial charge in [0, 0.05) is 32.4 Å². The first-order valence-electron chi connectivity index (χ1n) is 8.83. The van der Waals surface area contributed by atoms with Crippen molar-refractivity contribution in [2.24, 2.45) is 4.99 Å². The molecule has 0 fully saturated rings. The SMILES string of the molecule is CN=C(NCCc1ccc(Cl)nc1)NCC(Cc1ccccc1)N(C)C.I. The molecule has 1 atom stereocenters. The monoisotopic (exact) mass is 501 g/mol. The maximum Gasteiger partial charge on any atom is 0.191 e. The van der Waals surface area contributed by atoms with Crippen molar-refractivity contribution in [2.75, 3.05) is 34.2 Å². The van der Waals surface area contributed by atoms with Crippen LogP contribution in [0.5, 0.6) is 0 Å². The lowest BCUT2D eigenvalue weighted by Gasteiger charge is -2.25. The molecule has 1 unspecified atom stereocenters. The number of aromatic nitrogens is 1. The zero-order valence-electron chi connectivity index (χ0n) is 16.2. The molecule has 1 aromatic carbocycles. The van der Waals surface area contributed by atoms with Gasteiger partial charge in [-0.2, -0.15) is 0 Å². The Hall–Kier alpha value is -1.38. The second kappa shape index (κ2) is 12.9. The van der Waals surface area contributed by atoms with Gasteiger partial charge in [0.05, 0.1) is 0 Å². The molecule has 148 valence electrons. The smallest absolute Gasteiger partial charge is 0.191 e. The number of hydrogen-bond acceptors (Lipinski definition) is 3. The van der Waals surface area contributed by atoms with E-state index in [0.717, 1.165) is 37.5 Å². The van der Waals surface area contributed by atoms with E-state index in [1.807, 2.05) is 24.4 Å². The van der Waals surface area contributed by atoms with Crippen LogP contribution in [0, 0.1) is 0 Å². The number of hydrogen-bond donors (Lipinski definition) is 2. The van der Waals surface area contributed by atoms with Gasteiger partial charge in [0.2, 0.25) is 0 Å². The number of aliphatic imine (C=N–C) groups is 1. The quantitative estimate of drug-likeness (QED) is 0.252. The van der Waals surface area contributed by atoms with Crippen molar-refractivity contribution in [1.29, 1.82) is 0 Å². The topological polar surface area (TPSA) is 52.6 Å². The summed E-state index contributed by atoms with van der Waals surface area (Å²) in [5, 5.41) is 7.30. The average molecular weight is 502 g/mol. The van der Waals surface area contributed by atoms with Gasteiger partial charge >= 0.3 is 0 Å². The maximum atomic E-state index is 5.81. The van der Waals surface area contributed by atoms with Gasteiger partial charge in [0.15, 0.2) is 5.96 Å². The van der Waals surface area contributed by atoms with Gasteiger partial charge in [-0.1, -0.05) is 48.0 Å². The summed E-state index contributed by atoms with van der Waals surface area (Å²) in [5.74, 6) is 0.812. The zero-order valence-corrected chi connectivity index (χ0v) is 19.2. The second-order valence-electron chi connectivity index (χ2n) is 6.43. The number of nitrogens with zero attached hydrogens (tertiary/aromatic N) is 3. The Morgan fingerprint density at radius 3 is 2.44 bits per heavy atom. The summed E-state index contributed by atoms with van der Waals surface area (Å²) in [4.78, 5) is 10.7. The fourth-order valence-electron chi connectivity index (χ4n) is 2.64. The highest BCUT2D eigenvalue weighted by atomic mass is 127. The van der Waals surface area contributed by atoms with Gasteiger partial charge in [-0.3, -0.25) is 4.99 Å². The molecule has 1 heterocycles. The number of pyridine rings is 1. The predicted octanol–water partition coefficient (Wildman–Crippen LogP) is 3.23. The molecule has 0 amide bonds. The van der Waals surface area contributed by atoms with Crippen LogP contribution in [0.15, 0.2) is 53.7 Å². The van der Waals surface area contributed by atoms with Crippen LogP contribution in [-0.2, 0) is 12.8 Å². The van der Waals surface area contributed by atoms with E-state index in [9.17, 15) is 0 Å². The van der Waals surface area contributed by atoms with Gasteiger partial charge in [-0.15, -0.1) is 24.0 Å². The van der Waals surface area contributed by atoms with Crippen LogP contribution >= 0.6 is 35.6 Å². The Morgan fingerprint density at radius 1 is 1.11 bits per heavy atom. The number of likely N-dealkylation sites (N-methyl/N-ethyl adjacent to an activating group) is 1. The summed E-state index contributed by atoms with van der Waals surface area (Å²) in [7, 11) is 6.01. The molecule has 0 aliphatic carbocycles. The molecule has 2 N–H and O–H groups in total. The largest absolute Gasteiger partial charge is 0.356 e. The summed E-state index contributed by atoms with van der Waals surface area (Å²) in [6.07, 6.45) is 3.67. The molecule has 5 nitrogen and oxygen atoms in total. The van der Waals surface area contributed by atoms with E-state index in [0.29, 0.717) is 11.2 Å². The number of rotatable bonds is 8. The van der Waals surface area contributed by atoms with E-state index in [2.05, 4.69) is 63.9 Å². The first-order valence-corrected chi connectivity index (χ1v) is 9.21. The molecule has 0 saturated carbocycles. The molecule has 27 heavy (non-hydrogen) atoms. The van der Waals surface area contributed by atoms with Gasteiger partial charge in [0.25, 0.3) is 0 Å². The fraction of sp³-hybridized carbons (Fsp3) is 0.400. The molecule has 1 aromatic heterocycles. The number of benzene rings is 1. The van der Waals surface area contributed by atoms with E-state index < -0.39 is 0 Å². The Balaban J connectivity index is 0.00000364. The van der Waals surface area contributed by atoms with Crippen LogP contribution in [-0.4, -0.2) is 56.1 Å². The highest BCUT2D eigenvalue weighted by Crippen LogP contribution is 2.06. The van der Waals surface area contributed by atoms with Crippen molar-refractivity contribution in [3.05, 3.63) is 64.9 Å². The summed E-state index contributed by atoms with van der Waals surface area (Å²) >= 11 is 5.81. The molecule has 0 bridgehead atoms. The van der Waals surface area contributed by atoms with E-state index in [-0.39, 0.29) is 24.0 Å². The summed E-state index contributed by atoms with van der Waals surface area (Å²) in [5.41, 5.74) is 2.48. The number of guanidine groups is 1. The molecule has 7 heteroatoms. The van der Waals surface area contributed by atoms with Gasteiger partial charge in [-0.25, -0.2) is 4.98 Å². The minimum Gasteiger partial charge on any atom is -0.356 e. The highest BCUT2D eigenvalue weighted by Gasteiger charge is 2.13. The molecule has 0 aliphatic heterocycles. The van der Waals surface area contributed by atoms with Crippen LogP contribution in [0.4, 0.5) is 0 Å². The summed E-state index contributed by atoms with van der Waals surface area (Å²) < 4.78 is 0. The standard InChI is InChI=1S/C20H28ClN5.HI/c1-22-20(23-12-11-17-9-10-19(21)24-14-17)25-15-18(26(2)3)13-16-7-5-4-6-8-16;/h4-10,14,18H,11-13,15H2,1-3H3,(H2,22,23,25);1H. The molecular formula is C20H29ClIN5. The Bertz CT molecular complexity index is 677. The predicted molar refractivity (Wildman–Crippen MR) is 125 cm³/mol. The molecule has 0 aliphatic rings. The van der Waals surface area contributed by atoms with E-state index in [4.69, 9.17) is 11.6 Å². The second-order valence-corrected chi connectivity index (χ2v) is 6.81. The van der Waals surface area contributed by atoms with E-state index in [1.165, 1.54) is 5.56 Å². The maximum absolute atomic E-state index is 5.81. The van der Waals surface area contributed by atoms with Crippen LogP contribution in [0.2, 0.25) is 5.15 Å². The van der Waals surface area contributed by atoms with E-state index >= 15 is 0 Å². The van der Waals surface area contributed by atoms with Crippen molar-refractivity contribution in [3.63, 3.8) is 0 Å². The summed E-state index contributed by atoms with van der Waals surface area (Å²) in [6, 6.07) is 14.8. The number of halogens is 2. The molecule has 0 radical (unpaired) electrons. The molecular weight excluding hydrogens is 473 g/mol. The van der Waals surface area contributed by atoms with Crippen molar-refractivity contribution >= 4 is 41.5 Å². The van der Waals surface area contributed by atoms with Crippen molar-refractivity contribution in [1.82, 2.24) is 20.5 Å². The number of nitrogens with one attached hydrogen (secondary N) is 2. The highest BCUT2D eigenvalue weighted by molar-refractivity contribution is 14.0. The third-order valence-corrected chi connectivity index (χ3v) is 4.49. The average Bonchev–Trinajstić information content (AvgIpc) is 2.65. The first-order chi connectivity index (χ1) is 12.6. The van der Waals surface area contributed by atoms with Crippen LogP contribution < -0.4 is 10.6 Å². The summed E-state index contributed by atoms with van der Waals surface area (Å²) in [6.45, 7) is 1.61. The van der Waals surface area contributed by atoms with Gasteiger partial charge < -0.3 is 15.5 Å².